The molecule has 0 spiro atoms. The van der Waals surface area contributed by atoms with E-state index in [1.807, 2.05) is 106 Å². The fourth-order valence-electron chi connectivity index (χ4n) is 2.94. The lowest BCUT2D eigenvalue weighted by Crippen LogP contribution is -2.22. The molecule has 0 saturated heterocycles. The van der Waals surface area contributed by atoms with Crippen LogP contribution < -0.4 is 4.74 Å². The van der Waals surface area contributed by atoms with Gasteiger partial charge in [0, 0.05) is 14.7 Å². The van der Waals surface area contributed by atoms with Crippen LogP contribution in [-0.4, -0.2) is 16.9 Å². The van der Waals surface area contributed by atoms with E-state index in [0.29, 0.717) is 0 Å². The van der Waals surface area contributed by atoms with Gasteiger partial charge in [0.05, 0.1) is 0 Å². The molecule has 0 bridgehead atoms. The van der Waals surface area contributed by atoms with Crippen molar-refractivity contribution in [1.82, 2.24) is 0 Å². The van der Waals surface area contributed by atoms with Gasteiger partial charge >= 0.3 is 6.16 Å². The Balaban J connectivity index is 2.19. The molecule has 0 unspecified atom stereocenters. The SMILES string of the molecule is CC(C)(C)Oc1ccc(S(OC(=O)O)(c2ccccc2)c2ccccc2)cc1. The molecule has 28 heavy (non-hydrogen) atoms. The van der Waals surface area contributed by atoms with Crippen LogP contribution in [0.1, 0.15) is 20.8 Å². The molecule has 0 aliphatic carbocycles. The number of carbonyl (C=O) groups is 1. The van der Waals surface area contributed by atoms with Crippen molar-refractivity contribution < 1.29 is 18.8 Å². The normalized spacial score (nSPS) is 12.2. The fraction of sp³-hybridized carbons (Fsp3) is 0.174. The van der Waals surface area contributed by atoms with Crippen molar-refractivity contribution in [2.45, 2.75) is 41.1 Å². The highest BCUT2D eigenvalue weighted by molar-refractivity contribution is 8.30. The summed E-state index contributed by atoms with van der Waals surface area (Å²) in [5.41, 5.74) is -0.318. The summed E-state index contributed by atoms with van der Waals surface area (Å²) in [6, 6.07) is 26.5. The Bertz CT molecular complexity index is 877. The lowest BCUT2D eigenvalue weighted by molar-refractivity contribution is 0.131. The van der Waals surface area contributed by atoms with Crippen molar-refractivity contribution in [2.24, 2.45) is 0 Å². The molecule has 0 heterocycles. The Hall–Kier alpha value is -2.92. The van der Waals surface area contributed by atoms with E-state index in [9.17, 15) is 9.90 Å². The molecule has 0 aromatic heterocycles. The number of hydrogen-bond acceptors (Lipinski definition) is 3. The molecule has 0 fully saturated rings. The van der Waals surface area contributed by atoms with E-state index in [0.717, 1.165) is 20.4 Å². The van der Waals surface area contributed by atoms with Crippen LogP contribution in [-0.2, 0) is 4.18 Å². The molecule has 1 N–H and O–H groups in total. The van der Waals surface area contributed by atoms with Gasteiger partial charge < -0.3 is 14.0 Å². The van der Waals surface area contributed by atoms with E-state index >= 15 is 0 Å². The zero-order valence-electron chi connectivity index (χ0n) is 16.2. The highest BCUT2D eigenvalue weighted by Gasteiger charge is 2.35. The van der Waals surface area contributed by atoms with E-state index in [1.165, 1.54) is 0 Å². The third-order valence-corrected chi connectivity index (χ3v) is 7.13. The van der Waals surface area contributed by atoms with Gasteiger partial charge in [-0.15, -0.1) is 0 Å². The molecular formula is C23H24O4S. The average molecular weight is 397 g/mol. The van der Waals surface area contributed by atoms with Crippen molar-refractivity contribution >= 4 is 16.5 Å². The van der Waals surface area contributed by atoms with Gasteiger partial charge in [0.25, 0.3) is 0 Å². The van der Waals surface area contributed by atoms with E-state index in [-0.39, 0.29) is 5.60 Å². The molecular weight excluding hydrogens is 372 g/mol. The van der Waals surface area contributed by atoms with E-state index in [2.05, 4.69) is 0 Å². The Morgan fingerprint density at radius 3 is 1.57 bits per heavy atom. The van der Waals surface area contributed by atoms with Gasteiger partial charge in [-0.1, -0.05) is 36.4 Å². The zero-order valence-corrected chi connectivity index (χ0v) is 17.0. The van der Waals surface area contributed by atoms with Crippen LogP contribution in [0.2, 0.25) is 0 Å². The number of hydrogen-bond donors (Lipinski definition) is 1. The van der Waals surface area contributed by atoms with Crippen LogP contribution in [0.3, 0.4) is 0 Å². The lowest BCUT2D eigenvalue weighted by atomic mass is 10.2. The smallest absolute Gasteiger partial charge is 0.488 e. The Labute approximate surface area is 167 Å². The molecule has 0 radical (unpaired) electrons. The zero-order chi connectivity index (χ0) is 20.2. The molecule has 0 aliphatic rings. The van der Waals surface area contributed by atoms with Gasteiger partial charge in [-0.2, -0.15) is 0 Å². The van der Waals surface area contributed by atoms with Crippen LogP contribution in [0, 0.1) is 0 Å². The maximum atomic E-state index is 11.8. The standard InChI is InChI=1S/C23H24O4S/c1-23(2,3)26-18-14-16-21(17-15-18)28(27-22(24)25,19-10-6-4-7-11-19)20-12-8-5-9-13-20/h4-17H,1-3H3,(H,24,25). The summed E-state index contributed by atoms with van der Waals surface area (Å²) in [6.45, 7) is 5.95. The van der Waals surface area contributed by atoms with Crippen LogP contribution in [0.5, 0.6) is 5.75 Å². The first-order chi connectivity index (χ1) is 13.3. The Morgan fingerprint density at radius 2 is 1.18 bits per heavy atom. The van der Waals surface area contributed by atoms with Crippen LogP contribution >= 0.6 is 10.3 Å². The molecule has 3 aromatic carbocycles. The van der Waals surface area contributed by atoms with Crippen molar-refractivity contribution in [1.29, 1.82) is 0 Å². The van der Waals surface area contributed by atoms with Crippen molar-refractivity contribution in [3.05, 3.63) is 84.9 Å². The number of carboxylic acid groups (broad SMARTS) is 1. The molecule has 0 aliphatic heterocycles. The van der Waals surface area contributed by atoms with Gasteiger partial charge in [-0.3, -0.25) is 0 Å². The highest BCUT2D eigenvalue weighted by atomic mass is 32.3. The molecule has 4 nitrogen and oxygen atoms in total. The van der Waals surface area contributed by atoms with Crippen LogP contribution in [0.15, 0.2) is 99.6 Å². The number of rotatable bonds is 5. The molecule has 5 heteroatoms. The monoisotopic (exact) mass is 396 g/mol. The summed E-state index contributed by atoms with van der Waals surface area (Å²) in [5, 5.41) is 9.61. The van der Waals surface area contributed by atoms with Crippen LogP contribution in [0.4, 0.5) is 4.79 Å². The molecule has 0 amide bonds. The minimum absolute atomic E-state index is 0.318. The molecule has 3 aromatic rings. The first-order valence-corrected chi connectivity index (χ1v) is 10.5. The number of ether oxygens (including phenoxy) is 1. The maximum Gasteiger partial charge on any atom is 0.517 e. The van der Waals surface area contributed by atoms with Crippen molar-refractivity contribution in [3.63, 3.8) is 0 Å². The van der Waals surface area contributed by atoms with Gasteiger partial charge in [0.1, 0.15) is 11.4 Å². The second-order valence-corrected chi connectivity index (χ2v) is 9.91. The Kier molecular flexibility index (Phi) is 5.66. The fourth-order valence-corrected chi connectivity index (χ4v) is 5.86. The van der Waals surface area contributed by atoms with E-state index in [1.54, 1.807) is 0 Å². The maximum absolute atomic E-state index is 11.8. The second kappa shape index (κ2) is 7.98. The molecule has 3 rings (SSSR count). The van der Waals surface area contributed by atoms with Gasteiger partial charge in [-0.25, -0.2) is 4.79 Å². The summed E-state index contributed by atoms with van der Waals surface area (Å²) in [5.74, 6) is 0.723. The summed E-state index contributed by atoms with van der Waals surface area (Å²) in [4.78, 5) is 14.2. The third-order valence-electron chi connectivity index (χ3n) is 3.93. The number of benzene rings is 3. The molecule has 0 atom stereocenters. The summed E-state index contributed by atoms with van der Waals surface area (Å²) in [6.07, 6.45) is -1.31. The quantitative estimate of drug-likeness (QED) is 0.518. The predicted octanol–water partition coefficient (Wildman–Crippen LogP) is 6.76. The largest absolute Gasteiger partial charge is 0.517 e. The summed E-state index contributed by atoms with van der Waals surface area (Å²) in [7, 11) is -2.45. The van der Waals surface area contributed by atoms with Gasteiger partial charge in [-0.05, 0) is 79.6 Å². The van der Waals surface area contributed by atoms with Crippen molar-refractivity contribution in [2.75, 3.05) is 0 Å². The predicted molar refractivity (Wildman–Crippen MR) is 111 cm³/mol. The van der Waals surface area contributed by atoms with E-state index in [4.69, 9.17) is 8.92 Å². The average Bonchev–Trinajstić information content (AvgIpc) is 2.67. The van der Waals surface area contributed by atoms with Crippen LogP contribution in [0.25, 0.3) is 0 Å². The van der Waals surface area contributed by atoms with E-state index < -0.39 is 16.5 Å². The third kappa shape index (κ3) is 4.31. The Morgan fingerprint density at radius 1 is 0.750 bits per heavy atom. The molecule has 0 saturated carbocycles. The minimum atomic E-state index is -2.45. The van der Waals surface area contributed by atoms with Gasteiger partial charge in [0.15, 0.2) is 0 Å². The lowest BCUT2D eigenvalue weighted by Gasteiger charge is -2.38. The summed E-state index contributed by atoms with van der Waals surface area (Å²) >= 11 is 0. The first kappa shape index (κ1) is 19.8. The highest BCUT2D eigenvalue weighted by Crippen LogP contribution is 2.69. The van der Waals surface area contributed by atoms with Gasteiger partial charge in [0.2, 0.25) is 0 Å². The second-order valence-electron chi connectivity index (χ2n) is 7.22. The first-order valence-electron chi connectivity index (χ1n) is 8.96. The van der Waals surface area contributed by atoms with Crippen molar-refractivity contribution in [3.8, 4) is 5.75 Å². The minimum Gasteiger partial charge on any atom is -0.488 e. The summed E-state index contributed by atoms with van der Waals surface area (Å²) < 4.78 is 11.6. The topological polar surface area (TPSA) is 55.8 Å². The molecule has 146 valence electrons.